The zero-order chi connectivity index (χ0) is 21.2. The fourth-order valence-corrected chi connectivity index (χ4v) is 3.83. The van der Waals surface area contributed by atoms with Crippen molar-refractivity contribution >= 4 is 11.9 Å². The normalized spacial score (nSPS) is 21.4. The van der Waals surface area contributed by atoms with Crippen LogP contribution in [0.15, 0.2) is 29.3 Å². The Morgan fingerprint density at radius 3 is 2.66 bits per heavy atom. The first-order valence-corrected chi connectivity index (χ1v) is 10.1. The molecule has 1 unspecified atom stereocenters. The minimum absolute atomic E-state index is 0.0200. The minimum atomic E-state index is -4.33. The number of aliphatic imine (C=N–C) groups is 1. The summed E-state index contributed by atoms with van der Waals surface area (Å²) in [5.74, 6) is 0.749. The molecule has 1 aromatic carbocycles. The smallest absolute Gasteiger partial charge is 0.356 e. The summed E-state index contributed by atoms with van der Waals surface area (Å²) in [6, 6.07) is 5.73. The van der Waals surface area contributed by atoms with Gasteiger partial charge in [0.1, 0.15) is 0 Å². The average Bonchev–Trinajstić information content (AvgIpc) is 3.34. The van der Waals surface area contributed by atoms with Gasteiger partial charge in [0.25, 0.3) is 0 Å². The van der Waals surface area contributed by atoms with E-state index in [-0.39, 0.29) is 23.3 Å². The Bertz CT molecular complexity index is 771. The molecule has 2 aliphatic rings. The summed E-state index contributed by atoms with van der Waals surface area (Å²) in [7, 11) is 1.67. The molecule has 1 atom stereocenters. The molecule has 5 nitrogen and oxygen atoms in total. The van der Waals surface area contributed by atoms with E-state index in [2.05, 4.69) is 15.6 Å². The van der Waals surface area contributed by atoms with E-state index in [0.29, 0.717) is 24.6 Å². The third kappa shape index (κ3) is 5.03. The zero-order valence-corrected chi connectivity index (χ0v) is 17.1. The van der Waals surface area contributed by atoms with E-state index in [9.17, 15) is 18.0 Å². The van der Waals surface area contributed by atoms with E-state index in [1.165, 1.54) is 12.1 Å². The SMILES string of the molecule is CN=C(NCC1(c2cccc(C(F)(F)F)c2)CC1)NC1CCN(C(=O)C(C)C)C1. The van der Waals surface area contributed by atoms with Gasteiger partial charge in [0.2, 0.25) is 5.91 Å². The Morgan fingerprint density at radius 2 is 2.07 bits per heavy atom. The molecule has 1 aromatic rings. The number of carbonyl (C=O) groups is 1. The fourth-order valence-electron chi connectivity index (χ4n) is 3.83. The van der Waals surface area contributed by atoms with Crippen molar-refractivity contribution in [1.29, 1.82) is 0 Å². The van der Waals surface area contributed by atoms with Crippen LogP contribution in [0.5, 0.6) is 0 Å². The number of benzene rings is 1. The number of hydrogen-bond acceptors (Lipinski definition) is 2. The van der Waals surface area contributed by atoms with Crippen LogP contribution in [0.25, 0.3) is 0 Å². The van der Waals surface area contributed by atoms with E-state index in [4.69, 9.17) is 0 Å². The van der Waals surface area contributed by atoms with Crippen LogP contribution in [-0.4, -0.2) is 49.5 Å². The predicted molar refractivity (Wildman–Crippen MR) is 107 cm³/mol. The van der Waals surface area contributed by atoms with Crippen molar-refractivity contribution < 1.29 is 18.0 Å². The highest BCUT2D eigenvalue weighted by atomic mass is 19.4. The lowest BCUT2D eigenvalue weighted by Crippen LogP contribution is -2.47. The number of rotatable bonds is 5. The Hall–Kier alpha value is -2.25. The number of likely N-dealkylation sites (tertiary alicyclic amines) is 1. The van der Waals surface area contributed by atoms with Crippen LogP contribution >= 0.6 is 0 Å². The molecular weight excluding hydrogens is 381 g/mol. The Kier molecular flexibility index (Phi) is 6.10. The number of hydrogen-bond donors (Lipinski definition) is 2. The minimum Gasteiger partial charge on any atom is -0.356 e. The fraction of sp³-hybridized carbons (Fsp3) is 0.619. The van der Waals surface area contributed by atoms with Crippen LogP contribution < -0.4 is 10.6 Å². The first-order chi connectivity index (χ1) is 13.6. The topological polar surface area (TPSA) is 56.7 Å². The lowest BCUT2D eigenvalue weighted by Gasteiger charge is -2.23. The molecule has 2 fully saturated rings. The molecule has 3 rings (SSSR count). The summed E-state index contributed by atoms with van der Waals surface area (Å²) in [5.41, 5.74) is -0.178. The molecule has 29 heavy (non-hydrogen) atoms. The molecule has 160 valence electrons. The summed E-state index contributed by atoms with van der Waals surface area (Å²) < 4.78 is 39.1. The van der Waals surface area contributed by atoms with Gasteiger partial charge in [-0.25, -0.2) is 0 Å². The second kappa shape index (κ2) is 8.24. The molecule has 1 saturated heterocycles. The van der Waals surface area contributed by atoms with Gasteiger partial charge in [-0.2, -0.15) is 13.2 Å². The number of nitrogens with zero attached hydrogens (tertiary/aromatic N) is 2. The molecular formula is C21H29F3N4O. The Labute approximate surface area is 169 Å². The maximum Gasteiger partial charge on any atom is 0.416 e. The maximum atomic E-state index is 13.0. The van der Waals surface area contributed by atoms with E-state index in [0.717, 1.165) is 31.9 Å². The van der Waals surface area contributed by atoms with Crippen molar-refractivity contribution in [1.82, 2.24) is 15.5 Å². The highest BCUT2D eigenvalue weighted by Crippen LogP contribution is 2.48. The van der Waals surface area contributed by atoms with Crippen molar-refractivity contribution in [2.45, 2.75) is 50.7 Å². The summed E-state index contributed by atoms with van der Waals surface area (Å²) >= 11 is 0. The Morgan fingerprint density at radius 1 is 1.34 bits per heavy atom. The van der Waals surface area contributed by atoms with Crippen molar-refractivity contribution in [2.24, 2.45) is 10.9 Å². The molecule has 0 bridgehead atoms. The number of guanidine groups is 1. The maximum absolute atomic E-state index is 13.0. The summed E-state index contributed by atoms with van der Waals surface area (Å²) in [6.07, 6.45) is -1.80. The zero-order valence-electron chi connectivity index (χ0n) is 17.1. The van der Waals surface area contributed by atoms with Gasteiger partial charge < -0.3 is 15.5 Å². The lowest BCUT2D eigenvalue weighted by molar-refractivity contribution is -0.137. The molecule has 1 aliphatic heterocycles. The molecule has 8 heteroatoms. The number of nitrogens with one attached hydrogen (secondary N) is 2. The quantitative estimate of drug-likeness (QED) is 0.579. The van der Waals surface area contributed by atoms with Gasteiger partial charge in [-0.15, -0.1) is 0 Å². The van der Waals surface area contributed by atoms with Crippen molar-refractivity contribution in [2.75, 3.05) is 26.7 Å². The highest BCUT2D eigenvalue weighted by Gasteiger charge is 2.45. The van der Waals surface area contributed by atoms with Gasteiger partial charge in [0.15, 0.2) is 5.96 Å². The highest BCUT2D eigenvalue weighted by molar-refractivity contribution is 5.81. The van der Waals surface area contributed by atoms with Gasteiger partial charge in [-0.05, 0) is 30.9 Å². The van der Waals surface area contributed by atoms with Crippen molar-refractivity contribution in [3.63, 3.8) is 0 Å². The average molecular weight is 410 g/mol. The van der Waals surface area contributed by atoms with Crippen LogP contribution in [0.2, 0.25) is 0 Å². The molecule has 0 radical (unpaired) electrons. The van der Waals surface area contributed by atoms with Gasteiger partial charge in [-0.3, -0.25) is 9.79 Å². The molecule has 1 amide bonds. The summed E-state index contributed by atoms with van der Waals surface area (Å²) in [5, 5.41) is 6.62. The first-order valence-electron chi connectivity index (χ1n) is 10.1. The van der Waals surface area contributed by atoms with Crippen molar-refractivity contribution in [3.05, 3.63) is 35.4 Å². The number of amides is 1. The molecule has 0 spiro atoms. The first kappa shape index (κ1) is 21.5. The van der Waals surface area contributed by atoms with Crippen LogP contribution in [0.1, 0.15) is 44.2 Å². The molecule has 1 saturated carbocycles. The molecule has 1 aliphatic carbocycles. The largest absolute Gasteiger partial charge is 0.416 e. The number of carbonyl (C=O) groups excluding carboxylic acids is 1. The van der Waals surface area contributed by atoms with Crippen LogP contribution in [0.4, 0.5) is 13.2 Å². The van der Waals surface area contributed by atoms with Crippen LogP contribution in [0, 0.1) is 5.92 Å². The van der Waals surface area contributed by atoms with E-state index in [1.807, 2.05) is 18.7 Å². The monoisotopic (exact) mass is 410 g/mol. The molecule has 1 heterocycles. The van der Waals surface area contributed by atoms with E-state index < -0.39 is 11.7 Å². The summed E-state index contributed by atoms with van der Waals surface area (Å²) in [4.78, 5) is 18.2. The van der Waals surface area contributed by atoms with Crippen LogP contribution in [-0.2, 0) is 16.4 Å². The summed E-state index contributed by atoms with van der Waals surface area (Å²) in [6.45, 7) is 5.67. The number of halogens is 3. The second-order valence-corrected chi connectivity index (χ2v) is 8.35. The lowest BCUT2D eigenvalue weighted by atomic mass is 9.94. The number of alkyl halides is 3. The molecule has 2 N–H and O–H groups in total. The Balaban J connectivity index is 1.57. The van der Waals surface area contributed by atoms with Crippen molar-refractivity contribution in [3.8, 4) is 0 Å². The van der Waals surface area contributed by atoms with Gasteiger partial charge in [0, 0.05) is 44.1 Å². The van der Waals surface area contributed by atoms with Crippen LogP contribution in [0.3, 0.4) is 0 Å². The van der Waals surface area contributed by atoms with Gasteiger partial charge in [0.05, 0.1) is 5.56 Å². The third-order valence-corrected chi connectivity index (χ3v) is 5.81. The van der Waals surface area contributed by atoms with Gasteiger partial charge >= 0.3 is 6.18 Å². The standard InChI is InChI=1S/C21H29F3N4O/c1-14(2)18(29)28-10-7-17(12-28)27-19(25-3)26-13-20(8-9-20)15-5-4-6-16(11-15)21(22,23)24/h4-6,11,14,17H,7-10,12-13H2,1-3H3,(H2,25,26,27). The van der Waals surface area contributed by atoms with Gasteiger partial charge in [-0.1, -0.05) is 32.0 Å². The van der Waals surface area contributed by atoms with E-state index >= 15 is 0 Å². The molecule has 0 aromatic heterocycles. The second-order valence-electron chi connectivity index (χ2n) is 8.35. The van der Waals surface area contributed by atoms with E-state index in [1.54, 1.807) is 13.1 Å². The predicted octanol–water partition coefficient (Wildman–Crippen LogP) is 3.16. The third-order valence-electron chi connectivity index (χ3n) is 5.81.